The number of hydrogen-bond acceptors (Lipinski definition) is 3. The molecule has 0 spiro atoms. The van der Waals surface area contributed by atoms with Gasteiger partial charge < -0.3 is 10.2 Å². The highest BCUT2D eigenvalue weighted by molar-refractivity contribution is 7.99. The minimum atomic E-state index is 0.884. The van der Waals surface area contributed by atoms with Crippen molar-refractivity contribution in [3.05, 3.63) is 0 Å². The third-order valence-corrected chi connectivity index (χ3v) is 4.22. The molecule has 0 radical (unpaired) electrons. The van der Waals surface area contributed by atoms with Gasteiger partial charge in [-0.25, -0.2) is 0 Å². The zero-order chi connectivity index (χ0) is 9.10. The number of rotatable bonds is 2. The van der Waals surface area contributed by atoms with Crippen molar-refractivity contribution in [2.24, 2.45) is 11.8 Å². The molecule has 2 aliphatic rings. The predicted octanol–water partition coefficient (Wildman–Crippen LogP) is 0.891. The third kappa shape index (κ3) is 2.61. The Morgan fingerprint density at radius 1 is 1.31 bits per heavy atom. The van der Waals surface area contributed by atoms with Crippen LogP contribution in [0, 0.1) is 11.8 Å². The van der Waals surface area contributed by atoms with Gasteiger partial charge in [0.05, 0.1) is 0 Å². The normalized spacial score (nSPS) is 36.7. The molecule has 2 heterocycles. The summed E-state index contributed by atoms with van der Waals surface area (Å²) in [6.07, 6.45) is 0. The molecule has 2 unspecified atom stereocenters. The fourth-order valence-corrected chi connectivity index (χ4v) is 3.20. The van der Waals surface area contributed by atoms with E-state index < -0.39 is 0 Å². The van der Waals surface area contributed by atoms with Gasteiger partial charge in [-0.2, -0.15) is 11.8 Å². The van der Waals surface area contributed by atoms with Crippen LogP contribution >= 0.6 is 11.8 Å². The van der Waals surface area contributed by atoms with Crippen molar-refractivity contribution < 1.29 is 0 Å². The zero-order valence-electron chi connectivity index (χ0n) is 8.46. The van der Waals surface area contributed by atoms with Crippen molar-refractivity contribution >= 4 is 11.8 Å². The Labute approximate surface area is 85.4 Å². The third-order valence-electron chi connectivity index (χ3n) is 3.27. The molecular formula is C10H20N2S. The van der Waals surface area contributed by atoms with Crippen molar-refractivity contribution in [1.29, 1.82) is 0 Å². The maximum absolute atomic E-state index is 3.48. The smallest absolute Gasteiger partial charge is 0.00728 e. The van der Waals surface area contributed by atoms with Crippen molar-refractivity contribution in [3.63, 3.8) is 0 Å². The summed E-state index contributed by atoms with van der Waals surface area (Å²) < 4.78 is 0. The standard InChI is InChI=1S/C10H20N2S/c1-9-6-11-7-10(9)8-12-2-4-13-5-3-12/h9-11H,2-8H2,1H3. The fourth-order valence-electron chi connectivity index (χ4n) is 2.22. The molecule has 0 aromatic heterocycles. The minimum absolute atomic E-state index is 0.884. The molecule has 0 amide bonds. The van der Waals surface area contributed by atoms with Gasteiger partial charge in [0, 0.05) is 31.1 Å². The molecule has 13 heavy (non-hydrogen) atoms. The Kier molecular flexibility index (Phi) is 3.52. The Morgan fingerprint density at radius 2 is 2.08 bits per heavy atom. The van der Waals surface area contributed by atoms with Crippen LogP contribution in [-0.2, 0) is 0 Å². The summed E-state index contributed by atoms with van der Waals surface area (Å²) in [6, 6.07) is 0. The molecule has 0 aliphatic carbocycles. The summed E-state index contributed by atoms with van der Waals surface area (Å²) >= 11 is 2.10. The zero-order valence-corrected chi connectivity index (χ0v) is 9.28. The summed E-state index contributed by atoms with van der Waals surface area (Å²) in [5, 5.41) is 3.48. The summed E-state index contributed by atoms with van der Waals surface area (Å²) in [5.74, 6) is 4.47. The van der Waals surface area contributed by atoms with Gasteiger partial charge in [-0.3, -0.25) is 0 Å². The van der Waals surface area contributed by atoms with E-state index in [9.17, 15) is 0 Å². The Hall–Kier alpha value is 0.270. The molecule has 0 aromatic carbocycles. The quantitative estimate of drug-likeness (QED) is 0.713. The van der Waals surface area contributed by atoms with Crippen molar-refractivity contribution in [2.75, 3.05) is 44.2 Å². The predicted molar refractivity (Wildman–Crippen MR) is 59.3 cm³/mol. The van der Waals surface area contributed by atoms with Crippen LogP contribution in [0.4, 0.5) is 0 Å². The Morgan fingerprint density at radius 3 is 2.69 bits per heavy atom. The average molecular weight is 200 g/mol. The lowest BCUT2D eigenvalue weighted by molar-refractivity contribution is 0.237. The van der Waals surface area contributed by atoms with Crippen LogP contribution in [0.2, 0.25) is 0 Å². The lowest BCUT2D eigenvalue weighted by atomic mass is 9.97. The topological polar surface area (TPSA) is 15.3 Å². The number of nitrogens with zero attached hydrogens (tertiary/aromatic N) is 1. The van der Waals surface area contributed by atoms with Crippen molar-refractivity contribution in [1.82, 2.24) is 10.2 Å². The summed E-state index contributed by atoms with van der Waals surface area (Å²) in [7, 11) is 0. The van der Waals surface area contributed by atoms with Crippen molar-refractivity contribution in [3.8, 4) is 0 Å². The Bertz CT molecular complexity index is 157. The van der Waals surface area contributed by atoms with Gasteiger partial charge in [-0.15, -0.1) is 0 Å². The molecule has 76 valence electrons. The van der Waals surface area contributed by atoms with Gasteiger partial charge in [0.2, 0.25) is 0 Å². The first-order valence-corrected chi connectivity index (χ1v) is 6.52. The first kappa shape index (κ1) is 9.81. The van der Waals surface area contributed by atoms with Crippen molar-refractivity contribution in [2.45, 2.75) is 6.92 Å². The van der Waals surface area contributed by atoms with Crippen LogP contribution in [-0.4, -0.2) is 49.1 Å². The average Bonchev–Trinajstić information content (AvgIpc) is 2.54. The van der Waals surface area contributed by atoms with E-state index in [0.717, 1.165) is 11.8 Å². The van der Waals surface area contributed by atoms with Gasteiger partial charge in [-0.05, 0) is 24.9 Å². The second kappa shape index (κ2) is 4.67. The van der Waals surface area contributed by atoms with E-state index in [0.29, 0.717) is 0 Å². The van der Waals surface area contributed by atoms with Crippen LogP contribution < -0.4 is 5.32 Å². The molecule has 1 N–H and O–H groups in total. The molecule has 2 saturated heterocycles. The lowest BCUT2D eigenvalue weighted by Crippen LogP contribution is -2.38. The molecule has 2 fully saturated rings. The minimum Gasteiger partial charge on any atom is -0.316 e. The second-order valence-electron chi connectivity index (χ2n) is 4.31. The van der Waals surface area contributed by atoms with E-state index in [1.165, 1.54) is 44.2 Å². The van der Waals surface area contributed by atoms with Crippen LogP contribution in [0.25, 0.3) is 0 Å². The summed E-state index contributed by atoms with van der Waals surface area (Å²) in [5.41, 5.74) is 0. The van der Waals surface area contributed by atoms with E-state index in [2.05, 4.69) is 28.9 Å². The van der Waals surface area contributed by atoms with Gasteiger partial charge in [0.15, 0.2) is 0 Å². The molecule has 2 nitrogen and oxygen atoms in total. The highest BCUT2D eigenvalue weighted by Crippen LogP contribution is 2.19. The van der Waals surface area contributed by atoms with Crippen LogP contribution in [0.1, 0.15) is 6.92 Å². The maximum atomic E-state index is 3.48. The van der Waals surface area contributed by atoms with E-state index >= 15 is 0 Å². The highest BCUT2D eigenvalue weighted by atomic mass is 32.2. The monoisotopic (exact) mass is 200 g/mol. The molecule has 0 saturated carbocycles. The first-order chi connectivity index (χ1) is 6.36. The first-order valence-electron chi connectivity index (χ1n) is 5.37. The van der Waals surface area contributed by atoms with Gasteiger partial charge in [0.25, 0.3) is 0 Å². The molecular weight excluding hydrogens is 180 g/mol. The number of thioether (sulfide) groups is 1. The van der Waals surface area contributed by atoms with E-state index in [1.807, 2.05) is 0 Å². The SMILES string of the molecule is CC1CNCC1CN1CCSCC1. The lowest BCUT2D eigenvalue weighted by Gasteiger charge is -2.29. The highest BCUT2D eigenvalue weighted by Gasteiger charge is 2.25. The molecule has 2 atom stereocenters. The van der Waals surface area contributed by atoms with Crippen LogP contribution in [0.15, 0.2) is 0 Å². The summed E-state index contributed by atoms with van der Waals surface area (Å²) in [6.45, 7) is 8.80. The maximum Gasteiger partial charge on any atom is 0.00728 e. The number of hydrogen-bond donors (Lipinski definition) is 1. The van der Waals surface area contributed by atoms with Crippen LogP contribution in [0.5, 0.6) is 0 Å². The van der Waals surface area contributed by atoms with Gasteiger partial charge in [0.1, 0.15) is 0 Å². The molecule has 0 aromatic rings. The second-order valence-corrected chi connectivity index (χ2v) is 5.53. The van der Waals surface area contributed by atoms with E-state index in [1.54, 1.807) is 0 Å². The molecule has 2 aliphatic heterocycles. The van der Waals surface area contributed by atoms with Gasteiger partial charge >= 0.3 is 0 Å². The molecule has 0 bridgehead atoms. The van der Waals surface area contributed by atoms with E-state index in [4.69, 9.17) is 0 Å². The van der Waals surface area contributed by atoms with Gasteiger partial charge in [-0.1, -0.05) is 6.92 Å². The summed E-state index contributed by atoms with van der Waals surface area (Å²) in [4.78, 5) is 2.64. The molecule has 2 rings (SSSR count). The number of nitrogens with one attached hydrogen (secondary N) is 1. The Balaban J connectivity index is 1.75. The largest absolute Gasteiger partial charge is 0.316 e. The van der Waals surface area contributed by atoms with E-state index in [-0.39, 0.29) is 0 Å². The fraction of sp³-hybridized carbons (Fsp3) is 1.00. The van der Waals surface area contributed by atoms with Crippen LogP contribution in [0.3, 0.4) is 0 Å². The molecule has 3 heteroatoms.